The van der Waals surface area contributed by atoms with Crippen molar-refractivity contribution in [2.24, 2.45) is 3.77 Å². The smallest absolute Gasteiger partial charge is 0.350 e. The van der Waals surface area contributed by atoms with Crippen LogP contribution in [-0.4, -0.2) is 29.2 Å². The fraction of sp³-hybridized carbons (Fsp3) is 0.400. The van der Waals surface area contributed by atoms with Gasteiger partial charge in [-0.3, -0.25) is 4.72 Å². The van der Waals surface area contributed by atoms with E-state index in [9.17, 15) is 17.7 Å². The molecule has 0 amide bonds. The van der Waals surface area contributed by atoms with Gasteiger partial charge in [0.25, 0.3) is 0 Å². The third-order valence-electron chi connectivity index (χ3n) is 2.60. The zero-order valence-electron chi connectivity index (χ0n) is 9.87. The maximum Gasteiger partial charge on any atom is 0.350 e. The third-order valence-corrected chi connectivity index (χ3v) is 7.13. The number of nitrogens with one attached hydrogen (secondary N) is 1. The quantitative estimate of drug-likeness (QED) is 0.888. The molecule has 1 aromatic rings. The van der Waals surface area contributed by atoms with Gasteiger partial charge in [0.2, 0.25) is 0 Å². The highest BCUT2D eigenvalue weighted by atomic mass is 35.5. The van der Waals surface area contributed by atoms with Gasteiger partial charge in [-0.1, -0.05) is 15.4 Å². The normalized spacial score (nSPS) is 18.2. The fourth-order valence-corrected chi connectivity index (χ4v) is 6.12. The lowest BCUT2D eigenvalue weighted by Crippen LogP contribution is -2.14. The van der Waals surface area contributed by atoms with Crippen molar-refractivity contribution < 1.29 is 17.7 Å². The van der Waals surface area contributed by atoms with Crippen LogP contribution < -0.4 is 4.72 Å². The minimum atomic E-state index is -4.11. The summed E-state index contributed by atoms with van der Waals surface area (Å²) in [5, 5.41) is 9.41. The largest absolute Gasteiger partial charge is 0.508 e. The van der Waals surface area contributed by atoms with Crippen molar-refractivity contribution in [2.45, 2.75) is 12.8 Å². The molecule has 0 bridgehead atoms. The van der Waals surface area contributed by atoms with Crippen LogP contribution in [0.4, 0.5) is 5.69 Å². The predicted molar refractivity (Wildman–Crippen MR) is 75.2 cm³/mol. The van der Waals surface area contributed by atoms with E-state index in [2.05, 4.69) is 8.49 Å². The van der Waals surface area contributed by atoms with Crippen LogP contribution in [0.25, 0.3) is 0 Å². The maximum absolute atomic E-state index is 12.1. The van der Waals surface area contributed by atoms with Crippen LogP contribution >= 0.6 is 11.6 Å². The van der Waals surface area contributed by atoms with Crippen LogP contribution in [0.15, 0.2) is 22.0 Å². The van der Waals surface area contributed by atoms with E-state index in [0.717, 1.165) is 6.07 Å². The Balaban J connectivity index is 2.32. The SMILES string of the molecule is O=S(=O)(N=S1(=O)CCCC1)Nc1cc(O)ccc1Cl. The predicted octanol–water partition coefficient (Wildman–Crippen LogP) is 1.96. The summed E-state index contributed by atoms with van der Waals surface area (Å²) >= 11 is 5.80. The van der Waals surface area contributed by atoms with E-state index < -0.39 is 19.9 Å². The monoisotopic (exact) mass is 324 g/mol. The van der Waals surface area contributed by atoms with Gasteiger partial charge in [-0.2, -0.15) is 8.42 Å². The second-order valence-corrected chi connectivity index (χ2v) is 8.72. The summed E-state index contributed by atoms with van der Waals surface area (Å²) in [5.41, 5.74) is 0.00594. The first-order valence-corrected chi connectivity index (χ1v) is 9.22. The summed E-state index contributed by atoms with van der Waals surface area (Å²) in [4.78, 5) is 0. The van der Waals surface area contributed by atoms with E-state index in [-0.39, 0.29) is 16.5 Å². The maximum atomic E-state index is 12.1. The van der Waals surface area contributed by atoms with Gasteiger partial charge < -0.3 is 5.11 Å². The van der Waals surface area contributed by atoms with E-state index in [1.165, 1.54) is 12.1 Å². The van der Waals surface area contributed by atoms with E-state index in [1.807, 2.05) is 0 Å². The highest BCUT2D eigenvalue weighted by Gasteiger charge is 2.21. The number of benzene rings is 1. The molecular formula is C10H13ClN2O4S2. The molecular weight excluding hydrogens is 312 g/mol. The summed E-state index contributed by atoms with van der Waals surface area (Å²) in [6.07, 6.45) is 1.43. The van der Waals surface area contributed by atoms with Gasteiger partial charge in [0.1, 0.15) is 5.75 Å². The van der Waals surface area contributed by atoms with Crippen molar-refractivity contribution >= 4 is 37.2 Å². The molecule has 0 aliphatic carbocycles. The first-order valence-electron chi connectivity index (χ1n) is 5.55. The lowest BCUT2D eigenvalue weighted by molar-refractivity contribution is 0.475. The number of hydrogen-bond acceptors (Lipinski definition) is 4. The van der Waals surface area contributed by atoms with Crippen molar-refractivity contribution in [3.63, 3.8) is 0 Å². The van der Waals surface area contributed by atoms with Crippen LogP contribution in [0.5, 0.6) is 5.75 Å². The second kappa shape index (κ2) is 5.18. The Hall–Kier alpha value is -0.990. The molecule has 1 saturated heterocycles. The molecule has 1 aliphatic rings. The summed E-state index contributed by atoms with van der Waals surface area (Å²) in [6.45, 7) is 0. The molecule has 6 nitrogen and oxygen atoms in total. The van der Waals surface area contributed by atoms with E-state index in [4.69, 9.17) is 11.6 Å². The molecule has 0 unspecified atom stereocenters. The molecule has 0 aromatic heterocycles. The van der Waals surface area contributed by atoms with Gasteiger partial charge in [-0.05, 0) is 25.0 Å². The standard InChI is InChI=1S/C10H13ClN2O4S2/c11-9-4-3-8(14)7-10(9)12-19(16,17)13-18(15)5-1-2-6-18/h3-4,7,12,14H,1-2,5-6H2. The Bertz CT molecular complexity index is 696. The Kier molecular flexibility index (Phi) is 3.93. The van der Waals surface area contributed by atoms with Gasteiger partial charge in [-0.25, -0.2) is 4.21 Å². The van der Waals surface area contributed by atoms with E-state index in [0.29, 0.717) is 24.3 Å². The molecule has 9 heteroatoms. The summed E-state index contributed by atoms with van der Waals surface area (Å²) < 4.78 is 41.3. The van der Waals surface area contributed by atoms with Crippen LogP contribution in [0.3, 0.4) is 0 Å². The molecule has 1 aromatic carbocycles. The molecule has 19 heavy (non-hydrogen) atoms. The molecule has 0 atom stereocenters. The molecule has 2 rings (SSSR count). The number of phenols is 1. The van der Waals surface area contributed by atoms with E-state index in [1.54, 1.807) is 0 Å². The lowest BCUT2D eigenvalue weighted by Gasteiger charge is -2.07. The fourth-order valence-electron chi connectivity index (χ4n) is 1.76. The zero-order chi connectivity index (χ0) is 14.1. The third kappa shape index (κ3) is 3.74. The molecule has 1 heterocycles. The summed E-state index contributed by atoms with van der Waals surface area (Å²) in [5.74, 6) is 0.454. The van der Waals surface area contributed by atoms with Crippen LogP contribution in [-0.2, 0) is 19.9 Å². The van der Waals surface area contributed by atoms with Gasteiger partial charge in [0.05, 0.1) is 20.4 Å². The van der Waals surface area contributed by atoms with Crippen LogP contribution in [0.2, 0.25) is 5.02 Å². The highest BCUT2D eigenvalue weighted by molar-refractivity contribution is 8.03. The topological polar surface area (TPSA) is 95.8 Å². The van der Waals surface area contributed by atoms with Gasteiger partial charge in [0.15, 0.2) is 0 Å². The average Bonchev–Trinajstić information content (AvgIpc) is 2.68. The van der Waals surface area contributed by atoms with Crippen LogP contribution in [0.1, 0.15) is 12.8 Å². The number of rotatable bonds is 3. The first-order chi connectivity index (χ1) is 8.80. The van der Waals surface area contributed by atoms with Crippen LogP contribution in [0, 0.1) is 0 Å². The molecule has 0 saturated carbocycles. The Morgan fingerprint density at radius 1 is 1.32 bits per heavy atom. The first kappa shape index (κ1) is 14.4. The zero-order valence-corrected chi connectivity index (χ0v) is 12.3. The summed E-state index contributed by atoms with van der Waals surface area (Å²) in [7, 11) is -6.80. The Morgan fingerprint density at radius 3 is 2.58 bits per heavy atom. The number of nitrogens with zero attached hydrogens (tertiary/aromatic N) is 1. The van der Waals surface area contributed by atoms with Crippen molar-refractivity contribution in [1.82, 2.24) is 0 Å². The highest BCUT2D eigenvalue weighted by Crippen LogP contribution is 2.27. The Morgan fingerprint density at radius 2 is 1.95 bits per heavy atom. The minimum absolute atomic E-state index is 0.00594. The molecule has 1 fully saturated rings. The van der Waals surface area contributed by atoms with E-state index >= 15 is 0 Å². The summed E-state index contributed by atoms with van der Waals surface area (Å²) in [6, 6.07) is 3.84. The van der Waals surface area contributed by atoms with Crippen molar-refractivity contribution in [3.8, 4) is 5.75 Å². The van der Waals surface area contributed by atoms with Gasteiger partial charge in [0, 0.05) is 17.6 Å². The number of aromatic hydroxyl groups is 1. The number of anilines is 1. The lowest BCUT2D eigenvalue weighted by atomic mass is 10.3. The number of phenolic OH excluding ortho intramolecular Hbond substituents is 1. The van der Waals surface area contributed by atoms with Crippen molar-refractivity contribution in [1.29, 1.82) is 0 Å². The molecule has 106 valence electrons. The molecule has 2 N–H and O–H groups in total. The Labute approximate surface area is 117 Å². The van der Waals surface area contributed by atoms with Gasteiger partial charge >= 0.3 is 10.2 Å². The molecule has 0 spiro atoms. The van der Waals surface area contributed by atoms with Gasteiger partial charge in [-0.15, -0.1) is 0 Å². The number of halogens is 1. The minimum Gasteiger partial charge on any atom is -0.508 e. The van der Waals surface area contributed by atoms with Crippen molar-refractivity contribution in [2.75, 3.05) is 16.2 Å². The van der Waals surface area contributed by atoms with Crippen molar-refractivity contribution in [3.05, 3.63) is 23.2 Å². The second-order valence-electron chi connectivity index (χ2n) is 4.20. The molecule has 1 aliphatic heterocycles. The molecule has 0 radical (unpaired) electrons. The average molecular weight is 325 g/mol. The number of hydrogen-bond donors (Lipinski definition) is 2.